The average Bonchev–Trinajstić information content (AvgIpc) is 3.23. The number of fused-ring (bicyclic) bond motifs is 1. The molecule has 3 aromatic rings. The number of thioether (sulfide) groups is 1. The van der Waals surface area contributed by atoms with Gasteiger partial charge in [0.1, 0.15) is 18.2 Å². The van der Waals surface area contributed by atoms with E-state index in [4.69, 9.17) is 4.74 Å². The summed E-state index contributed by atoms with van der Waals surface area (Å²) in [5, 5.41) is 4.08. The van der Waals surface area contributed by atoms with Crippen molar-refractivity contribution in [3.8, 4) is 5.75 Å². The number of para-hydroxylation sites is 2. The maximum atomic E-state index is 5.93. The molecule has 0 radical (unpaired) electrons. The maximum absolute atomic E-state index is 5.93. The second kappa shape index (κ2) is 6.87. The number of imidazole rings is 1. The number of nitrogens with one attached hydrogen (secondary N) is 1. The van der Waals surface area contributed by atoms with Gasteiger partial charge in [-0.05, 0) is 36.2 Å². The molecule has 0 saturated carbocycles. The van der Waals surface area contributed by atoms with E-state index in [9.17, 15) is 0 Å². The van der Waals surface area contributed by atoms with Crippen LogP contribution in [0.25, 0.3) is 11.0 Å². The summed E-state index contributed by atoms with van der Waals surface area (Å²) in [6.45, 7) is 1.59. The highest BCUT2D eigenvalue weighted by atomic mass is 32.2. The molecule has 1 saturated heterocycles. The monoisotopic (exact) mass is 339 g/mol. The summed E-state index contributed by atoms with van der Waals surface area (Å²) in [6, 6.07) is 16.6. The van der Waals surface area contributed by atoms with E-state index >= 15 is 0 Å². The van der Waals surface area contributed by atoms with Crippen molar-refractivity contribution in [1.29, 1.82) is 0 Å². The number of nitrogens with zero attached hydrogens (tertiary/aromatic N) is 2. The highest BCUT2D eigenvalue weighted by Gasteiger charge is 2.15. The van der Waals surface area contributed by atoms with Crippen LogP contribution in [0.4, 0.5) is 0 Å². The Bertz CT molecular complexity index is 822. The Hall–Kier alpha value is -1.98. The lowest BCUT2D eigenvalue weighted by atomic mass is 10.1. The molecule has 1 aliphatic heterocycles. The molecule has 4 nitrogen and oxygen atoms in total. The van der Waals surface area contributed by atoms with Gasteiger partial charge in [0.05, 0.1) is 11.0 Å². The van der Waals surface area contributed by atoms with Gasteiger partial charge < -0.3 is 14.6 Å². The maximum Gasteiger partial charge on any atom is 0.147 e. The first-order valence-corrected chi connectivity index (χ1v) is 9.29. The zero-order chi connectivity index (χ0) is 16.4. The molecular formula is C19H21N3OS. The predicted octanol–water partition coefficient (Wildman–Crippen LogP) is 3.36. The lowest BCUT2D eigenvalue weighted by Crippen LogP contribution is -2.14. The van der Waals surface area contributed by atoms with E-state index in [0.29, 0.717) is 11.9 Å². The van der Waals surface area contributed by atoms with Crippen molar-refractivity contribution in [1.82, 2.24) is 14.9 Å². The summed E-state index contributed by atoms with van der Waals surface area (Å²) in [7, 11) is 2.03. The minimum atomic E-state index is 0.479. The molecule has 2 heterocycles. The van der Waals surface area contributed by atoms with Crippen LogP contribution in [0.2, 0.25) is 0 Å². The van der Waals surface area contributed by atoms with Crippen LogP contribution in [0.1, 0.15) is 11.4 Å². The van der Waals surface area contributed by atoms with Crippen LogP contribution in [0.15, 0.2) is 48.5 Å². The summed E-state index contributed by atoms with van der Waals surface area (Å²) in [5.41, 5.74) is 3.51. The first-order valence-electron chi connectivity index (χ1n) is 8.24. The average molecular weight is 339 g/mol. The second-order valence-corrected chi connectivity index (χ2v) is 7.39. The highest BCUT2D eigenvalue weighted by Crippen LogP contribution is 2.22. The number of aryl methyl sites for hydroxylation is 1. The number of rotatable bonds is 5. The van der Waals surface area contributed by atoms with Crippen LogP contribution in [0.3, 0.4) is 0 Å². The smallest absolute Gasteiger partial charge is 0.147 e. The molecule has 1 N–H and O–H groups in total. The van der Waals surface area contributed by atoms with Crippen molar-refractivity contribution in [3.05, 3.63) is 59.9 Å². The molecule has 1 aliphatic rings. The van der Waals surface area contributed by atoms with Crippen LogP contribution in [-0.2, 0) is 20.1 Å². The van der Waals surface area contributed by atoms with Crippen LogP contribution in [0.5, 0.6) is 5.75 Å². The van der Waals surface area contributed by atoms with Gasteiger partial charge in [-0.3, -0.25) is 0 Å². The lowest BCUT2D eigenvalue weighted by Gasteiger charge is -2.10. The quantitative estimate of drug-likeness (QED) is 0.774. The molecule has 4 rings (SSSR count). The van der Waals surface area contributed by atoms with Crippen molar-refractivity contribution in [2.75, 3.05) is 12.4 Å². The van der Waals surface area contributed by atoms with E-state index in [2.05, 4.69) is 45.2 Å². The van der Waals surface area contributed by atoms with Crippen molar-refractivity contribution < 1.29 is 4.74 Å². The molecule has 1 unspecified atom stereocenters. The topological polar surface area (TPSA) is 39.1 Å². The molecule has 0 bridgehead atoms. The third-order valence-electron chi connectivity index (χ3n) is 4.43. The van der Waals surface area contributed by atoms with Crippen molar-refractivity contribution in [2.45, 2.75) is 18.3 Å². The van der Waals surface area contributed by atoms with E-state index in [-0.39, 0.29) is 0 Å². The Morgan fingerprint density at radius 1 is 1.21 bits per heavy atom. The second-order valence-electron chi connectivity index (χ2n) is 6.10. The van der Waals surface area contributed by atoms with E-state index in [1.165, 1.54) is 5.56 Å². The van der Waals surface area contributed by atoms with E-state index in [1.807, 2.05) is 37.0 Å². The van der Waals surface area contributed by atoms with Crippen LogP contribution >= 0.6 is 11.8 Å². The Morgan fingerprint density at radius 2 is 2.04 bits per heavy atom. The summed E-state index contributed by atoms with van der Waals surface area (Å²) < 4.78 is 8.02. The van der Waals surface area contributed by atoms with Gasteiger partial charge in [0, 0.05) is 24.7 Å². The Labute approximate surface area is 146 Å². The van der Waals surface area contributed by atoms with Crippen LogP contribution in [-0.4, -0.2) is 27.2 Å². The molecule has 1 atom stereocenters. The first kappa shape index (κ1) is 15.5. The fourth-order valence-electron chi connectivity index (χ4n) is 3.04. The lowest BCUT2D eigenvalue weighted by molar-refractivity contribution is 0.292. The summed E-state index contributed by atoms with van der Waals surface area (Å²) in [6.07, 6.45) is 1.11. The number of hydrogen-bond donors (Lipinski definition) is 1. The fourth-order valence-corrected chi connectivity index (χ4v) is 4.06. The van der Waals surface area contributed by atoms with Gasteiger partial charge >= 0.3 is 0 Å². The Morgan fingerprint density at radius 3 is 2.79 bits per heavy atom. The molecule has 0 spiro atoms. The normalized spacial score (nSPS) is 17.5. The van der Waals surface area contributed by atoms with Gasteiger partial charge in [-0.1, -0.05) is 24.3 Å². The molecule has 24 heavy (non-hydrogen) atoms. The van der Waals surface area contributed by atoms with Gasteiger partial charge in [-0.25, -0.2) is 4.98 Å². The number of benzene rings is 2. The van der Waals surface area contributed by atoms with E-state index in [0.717, 1.165) is 41.4 Å². The summed E-state index contributed by atoms with van der Waals surface area (Å²) in [4.78, 5) is 4.64. The minimum absolute atomic E-state index is 0.479. The zero-order valence-corrected chi connectivity index (χ0v) is 14.6. The SMILES string of the molecule is Cn1c(COc2ccc(CC3CNCS3)cc2)nc2ccccc21. The van der Waals surface area contributed by atoms with Crippen molar-refractivity contribution >= 4 is 22.8 Å². The standard InChI is InChI=1S/C19H21N3OS/c1-22-18-5-3-2-4-17(18)21-19(22)12-23-15-8-6-14(7-9-15)10-16-11-20-13-24-16/h2-9,16,20H,10-13H2,1H3. The summed E-state index contributed by atoms with van der Waals surface area (Å²) in [5.74, 6) is 2.90. The molecule has 0 amide bonds. The Balaban J connectivity index is 1.40. The number of hydrogen-bond acceptors (Lipinski definition) is 4. The molecule has 1 aromatic heterocycles. The van der Waals surface area contributed by atoms with Gasteiger partial charge in [-0.15, -0.1) is 11.8 Å². The molecule has 2 aromatic carbocycles. The third kappa shape index (κ3) is 3.28. The third-order valence-corrected chi connectivity index (χ3v) is 5.60. The van der Waals surface area contributed by atoms with E-state index in [1.54, 1.807) is 0 Å². The molecular weight excluding hydrogens is 318 g/mol. The van der Waals surface area contributed by atoms with Crippen LogP contribution in [0, 0.1) is 0 Å². The van der Waals surface area contributed by atoms with Crippen molar-refractivity contribution in [3.63, 3.8) is 0 Å². The first-order chi connectivity index (χ1) is 11.8. The van der Waals surface area contributed by atoms with Gasteiger partial charge in [0.15, 0.2) is 0 Å². The van der Waals surface area contributed by atoms with Gasteiger partial charge in [0.25, 0.3) is 0 Å². The largest absolute Gasteiger partial charge is 0.486 e. The van der Waals surface area contributed by atoms with Crippen molar-refractivity contribution in [2.24, 2.45) is 7.05 Å². The number of aromatic nitrogens is 2. The minimum Gasteiger partial charge on any atom is -0.486 e. The molecule has 5 heteroatoms. The fraction of sp³-hybridized carbons (Fsp3) is 0.316. The molecule has 124 valence electrons. The molecule has 0 aliphatic carbocycles. The Kier molecular flexibility index (Phi) is 4.45. The van der Waals surface area contributed by atoms with E-state index < -0.39 is 0 Å². The molecule has 1 fully saturated rings. The van der Waals surface area contributed by atoms with Gasteiger partial charge in [-0.2, -0.15) is 0 Å². The zero-order valence-electron chi connectivity index (χ0n) is 13.7. The summed E-state index contributed by atoms with van der Waals surface area (Å²) >= 11 is 2.00. The predicted molar refractivity (Wildman–Crippen MR) is 99.4 cm³/mol. The van der Waals surface area contributed by atoms with Crippen LogP contribution < -0.4 is 10.1 Å². The van der Waals surface area contributed by atoms with Gasteiger partial charge in [0.2, 0.25) is 0 Å². The highest BCUT2D eigenvalue weighted by molar-refractivity contribution is 8.00. The number of ether oxygens (including phenoxy) is 1.